The molecule has 0 bridgehead atoms. The van der Waals surface area contributed by atoms with Gasteiger partial charge in [-0.05, 0) is 62.2 Å². The minimum absolute atomic E-state index is 0.133. The van der Waals surface area contributed by atoms with Crippen LogP contribution in [0.25, 0.3) is 0 Å². The highest BCUT2D eigenvalue weighted by Crippen LogP contribution is 2.21. The van der Waals surface area contributed by atoms with E-state index in [0.717, 1.165) is 12.8 Å². The second kappa shape index (κ2) is 9.46. The first kappa shape index (κ1) is 22.1. The number of nitrogens with one attached hydrogen (secondary N) is 2. The number of amides is 2. The topological polar surface area (TPSA) is 105 Å². The van der Waals surface area contributed by atoms with E-state index < -0.39 is 27.9 Å². The van der Waals surface area contributed by atoms with E-state index in [2.05, 4.69) is 10.9 Å². The van der Waals surface area contributed by atoms with Crippen molar-refractivity contribution in [3.8, 4) is 5.75 Å². The van der Waals surface area contributed by atoms with Crippen molar-refractivity contribution < 1.29 is 22.7 Å². The highest BCUT2D eigenvalue weighted by Gasteiger charge is 2.27. The summed E-state index contributed by atoms with van der Waals surface area (Å²) in [5, 5.41) is 0.476. The molecule has 0 spiro atoms. The van der Waals surface area contributed by atoms with Crippen LogP contribution in [0, 0.1) is 0 Å². The van der Waals surface area contributed by atoms with Crippen LogP contribution in [0.1, 0.15) is 30.1 Å². The minimum atomic E-state index is -3.55. The van der Waals surface area contributed by atoms with Crippen molar-refractivity contribution in [2.75, 3.05) is 13.1 Å². The third-order valence-corrected chi connectivity index (χ3v) is 6.74. The fourth-order valence-corrected chi connectivity index (χ4v) is 4.64. The van der Waals surface area contributed by atoms with Gasteiger partial charge in [0.25, 0.3) is 11.8 Å². The first-order valence-corrected chi connectivity index (χ1v) is 11.2. The van der Waals surface area contributed by atoms with Gasteiger partial charge in [0.15, 0.2) is 6.10 Å². The van der Waals surface area contributed by atoms with Crippen LogP contribution in [-0.2, 0) is 14.8 Å². The largest absolute Gasteiger partial charge is 0.481 e. The summed E-state index contributed by atoms with van der Waals surface area (Å²) in [6.07, 6.45) is 0.814. The van der Waals surface area contributed by atoms with E-state index in [0.29, 0.717) is 23.9 Å². The molecule has 1 heterocycles. The second-order valence-corrected chi connectivity index (χ2v) is 9.17. The number of carbonyl (C=O) groups excluding carboxylic acids is 2. The smallest absolute Gasteiger partial charge is 0.279 e. The van der Waals surface area contributed by atoms with E-state index in [1.165, 1.54) is 35.5 Å². The number of hydrogen-bond donors (Lipinski definition) is 2. The molecule has 1 aliphatic heterocycles. The van der Waals surface area contributed by atoms with Crippen LogP contribution in [0.15, 0.2) is 53.4 Å². The number of ether oxygens (including phenoxy) is 1. The maximum absolute atomic E-state index is 12.5. The number of hydrogen-bond acceptors (Lipinski definition) is 5. The van der Waals surface area contributed by atoms with Gasteiger partial charge in [0, 0.05) is 23.7 Å². The van der Waals surface area contributed by atoms with Crippen LogP contribution in [0.2, 0.25) is 5.02 Å². The maximum atomic E-state index is 12.5. The summed E-state index contributed by atoms with van der Waals surface area (Å²) in [7, 11) is -3.55. The van der Waals surface area contributed by atoms with Crippen LogP contribution < -0.4 is 15.6 Å². The number of rotatable bonds is 6. The van der Waals surface area contributed by atoms with Crippen LogP contribution in [0.3, 0.4) is 0 Å². The summed E-state index contributed by atoms with van der Waals surface area (Å²) in [6.45, 7) is 2.54. The quantitative estimate of drug-likeness (QED) is 0.656. The zero-order chi connectivity index (χ0) is 21.7. The summed E-state index contributed by atoms with van der Waals surface area (Å²) in [6, 6.07) is 12.2. The zero-order valence-electron chi connectivity index (χ0n) is 16.3. The van der Waals surface area contributed by atoms with Gasteiger partial charge in [0.05, 0.1) is 4.90 Å². The SMILES string of the molecule is CC(Oc1cccc(Cl)c1)C(=O)NNC(=O)c1ccc(S(=O)(=O)N2CCCC2)cc1. The van der Waals surface area contributed by atoms with Gasteiger partial charge in [-0.15, -0.1) is 0 Å². The Morgan fingerprint density at radius 1 is 1.07 bits per heavy atom. The van der Waals surface area contributed by atoms with E-state index in [4.69, 9.17) is 16.3 Å². The summed E-state index contributed by atoms with van der Waals surface area (Å²) in [4.78, 5) is 24.5. The van der Waals surface area contributed by atoms with Crippen molar-refractivity contribution in [1.29, 1.82) is 0 Å². The molecule has 1 fully saturated rings. The third kappa shape index (κ3) is 5.29. The molecule has 1 saturated heterocycles. The average molecular weight is 452 g/mol. The van der Waals surface area contributed by atoms with Gasteiger partial charge in [-0.25, -0.2) is 8.42 Å². The highest BCUT2D eigenvalue weighted by molar-refractivity contribution is 7.89. The molecule has 2 N–H and O–H groups in total. The van der Waals surface area contributed by atoms with Gasteiger partial charge in [-0.2, -0.15) is 4.31 Å². The molecule has 1 aliphatic rings. The summed E-state index contributed by atoms with van der Waals surface area (Å²) in [5.74, 6) is -0.716. The fourth-order valence-electron chi connectivity index (χ4n) is 2.95. The van der Waals surface area contributed by atoms with Crippen molar-refractivity contribution >= 4 is 33.4 Å². The summed E-state index contributed by atoms with van der Waals surface area (Å²) >= 11 is 5.88. The first-order chi connectivity index (χ1) is 14.3. The first-order valence-electron chi connectivity index (χ1n) is 9.40. The molecule has 10 heteroatoms. The number of nitrogens with zero attached hydrogens (tertiary/aromatic N) is 1. The molecule has 3 rings (SSSR count). The predicted molar refractivity (Wildman–Crippen MR) is 112 cm³/mol. The molecule has 8 nitrogen and oxygen atoms in total. The van der Waals surface area contributed by atoms with Crippen LogP contribution in [0.4, 0.5) is 0 Å². The number of sulfonamides is 1. The molecule has 0 aromatic heterocycles. The van der Waals surface area contributed by atoms with E-state index >= 15 is 0 Å². The molecule has 160 valence electrons. The number of halogens is 1. The fraction of sp³-hybridized carbons (Fsp3) is 0.300. The Bertz CT molecular complexity index is 1020. The number of hydrazine groups is 1. The molecular weight excluding hydrogens is 430 g/mol. The van der Waals surface area contributed by atoms with Crippen molar-refractivity contribution in [1.82, 2.24) is 15.2 Å². The lowest BCUT2D eigenvalue weighted by atomic mass is 10.2. The summed E-state index contributed by atoms with van der Waals surface area (Å²) < 4.78 is 32.0. The lowest BCUT2D eigenvalue weighted by Gasteiger charge is -2.16. The average Bonchev–Trinajstić information content (AvgIpc) is 3.27. The molecule has 0 radical (unpaired) electrons. The van der Waals surface area contributed by atoms with Crippen LogP contribution in [-0.4, -0.2) is 43.7 Å². The van der Waals surface area contributed by atoms with Crippen LogP contribution >= 0.6 is 11.6 Å². The summed E-state index contributed by atoms with van der Waals surface area (Å²) in [5.41, 5.74) is 4.78. The van der Waals surface area contributed by atoms with E-state index in [9.17, 15) is 18.0 Å². The molecule has 1 unspecified atom stereocenters. The van der Waals surface area contributed by atoms with Crippen LogP contribution in [0.5, 0.6) is 5.75 Å². The maximum Gasteiger partial charge on any atom is 0.279 e. The zero-order valence-corrected chi connectivity index (χ0v) is 17.9. The van der Waals surface area contributed by atoms with Gasteiger partial charge in [-0.1, -0.05) is 17.7 Å². The normalized spacial score (nSPS) is 15.4. The Labute approximate surface area is 180 Å². The van der Waals surface area contributed by atoms with Gasteiger partial charge < -0.3 is 4.74 Å². The Balaban J connectivity index is 1.54. The standard InChI is InChI=1S/C20H22ClN3O5S/c1-14(29-17-6-4-5-16(21)13-17)19(25)22-23-20(26)15-7-9-18(10-8-15)30(27,28)24-11-2-3-12-24/h4-10,13-14H,2-3,11-12H2,1H3,(H,22,25)(H,23,26). The van der Waals surface area contributed by atoms with Crippen molar-refractivity contribution in [2.45, 2.75) is 30.8 Å². The van der Waals surface area contributed by atoms with E-state index in [1.807, 2.05) is 0 Å². The van der Waals surface area contributed by atoms with Gasteiger partial charge >= 0.3 is 0 Å². The Morgan fingerprint density at radius 3 is 2.37 bits per heavy atom. The van der Waals surface area contributed by atoms with E-state index in [1.54, 1.807) is 24.3 Å². The Kier molecular flexibility index (Phi) is 6.96. The van der Waals surface area contributed by atoms with E-state index in [-0.39, 0.29) is 10.5 Å². The molecule has 0 saturated carbocycles. The molecule has 2 amide bonds. The van der Waals surface area contributed by atoms with Crippen molar-refractivity contribution in [3.63, 3.8) is 0 Å². The number of benzene rings is 2. The molecule has 2 aromatic rings. The highest BCUT2D eigenvalue weighted by atomic mass is 35.5. The molecular formula is C20H22ClN3O5S. The minimum Gasteiger partial charge on any atom is -0.481 e. The molecule has 0 aliphatic carbocycles. The van der Waals surface area contributed by atoms with Crippen molar-refractivity contribution in [2.24, 2.45) is 0 Å². The lowest BCUT2D eigenvalue weighted by molar-refractivity contribution is -0.128. The monoisotopic (exact) mass is 451 g/mol. The predicted octanol–water partition coefficient (Wildman–Crippen LogP) is 2.35. The number of carbonyl (C=O) groups is 2. The Morgan fingerprint density at radius 2 is 1.73 bits per heavy atom. The van der Waals surface area contributed by atoms with Gasteiger partial charge in [0.1, 0.15) is 5.75 Å². The third-order valence-electron chi connectivity index (χ3n) is 4.60. The molecule has 1 atom stereocenters. The lowest BCUT2D eigenvalue weighted by Crippen LogP contribution is -2.47. The van der Waals surface area contributed by atoms with Gasteiger partial charge in [0.2, 0.25) is 10.0 Å². The molecule has 2 aromatic carbocycles. The molecule has 30 heavy (non-hydrogen) atoms. The second-order valence-electron chi connectivity index (χ2n) is 6.80. The Hall–Kier alpha value is -2.62. The van der Waals surface area contributed by atoms with Crippen molar-refractivity contribution in [3.05, 3.63) is 59.1 Å². The van der Waals surface area contributed by atoms with Gasteiger partial charge in [-0.3, -0.25) is 20.4 Å².